The Hall–Kier alpha value is -5.22. The van der Waals surface area contributed by atoms with Gasteiger partial charge >= 0.3 is 12.1 Å². The number of fused-ring (bicyclic) bond motifs is 3. The highest BCUT2D eigenvalue weighted by molar-refractivity contribution is 6.06. The van der Waals surface area contributed by atoms with Gasteiger partial charge in [-0.1, -0.05) is 12.1 Å². The molecule has 3 saturated heterocycles. The zero-order valence-electron chi connectivity index (χ0n) is 27.8. The third kappa shape index (κ3) is 5.62. The Labute approximate surface area is 289 Å². The number of hydrogen-bond donors (Lipinski definition) is 0. The lowest BCUT2D eigenvalue weighted by Crippen LogP contribution is -2.68. The van der Waals surface area contributed by atoms with E-state index in [1.54, 1.807) is 49.8 Å². The van der Waals surface area contributed by atoms with E-state index in [1.165, 1.54) is 12.0 Å². The number of hydrogen-bond acceptors (Lipinski definition) is 13. The van der Waals surface area contributed by atoms with Crippen LogP contribution in [0.15, 0.2) is 59.3 Å². The fraction of sp³-hybridized carbons (Fsp3) is 0.400. The summed E-state index contributed by atoms with van der Waals surface area (Å²) in [6.07, 6.45) is -2.24. The average molecular weight is 707 g/mol. The van der Waals surface area contributed by atoms with Gasteiger partial charge < -0.3 is 37.9 Å². The highest BCUT2D eigenvalue weighted by Crippen LogP contribution is 2.43. The van der Waals surface area contributed by atoms with Crippen molar-refractivity contribution in [3.63, 3.8) is 0 Å². The van der Waals surface area contributed by atoms with Crippen molar-refractivity contribution in [1.29, 1.82) is 0 Å². The van der Waals surface area contributed by atoms with Crippen LogP contribution in [0.4, 0.5) is 24.7 Å². The molecule has 5 aromatic rings. The Morgan fingerprint density at radius 1 is 1.04 bits per heavy atom. The molecular weight excluding hydrogens is 673 g/mol. The van der Waals surface area contributed by atoms with Crippen LogP contribution in [-0.2, 0) is 25.2 Å². The van der Waals surface area contributed by atoms with E-state index < -0.39 is 35.7 Å². The van der Waals surface area contributed by atoms with Gasteiger partial charge in [0.2, 0.25) is 17.6 Å². The summed E-state index contributed by atoms with van der Waals surface area (Å²) in [5.41, 5.74) is 1.94. The first-order valence-corrected chi connectivity index (χ1v) is 16.4. The number of aromatic nitrogens is 4. The molecule has 0 N–H and O–H groups in total. The van der Waals surface area contributed by atoms with Crippen molar-refractivity contribution >= 4 is 39.5 Å². The lowest BCUT2D eigenvalue weighted by atomic mass is 9.90. The molecule has 3 fully saturated rings. The van der Waals surface area contributed by atoms with Crippen LogP contribution < -0.4 is 19.3 Å². The van der Waals surface area contributed by atoms with Crippen molar-refractivity contribution in [3.05, 3.63) is 60.7 Å². The quantitative estimate of drug-likeness (QED) is 0.209. The molecule has 16 heteroatoms. The van der Waals surface area contributed by atoms with E-state index in [2.05, 4.69) is 26.8 Å². The number of pyridine rings is 2. The number of carbonyl (C=O) groups excluding carboxylic acids is 1. The molecule has 13 nitrogen and oxygen atoms in total. The van der Waals surface area contributed by atoms with Crippen LogP contribution >= 0.6 is 0 Å². The standard InChI is InChI=1S/C35H33F3N6O7/c1-19-34(17-48-18-34)49-12-11-43(19)24-13-20(22-8-6-10-39-30(22)46-2)15-40-31(24)50-21-14-25(32(45)47-3)44(16-21)29-28-27(41-33(42-29)35(36,37)38)23-7-4-5-9-26(23)51-28/h4-10,13,15,19,21,25H,11-12,14,16-18H2,1-3H3/t19-,21-,25-/m0/s1. The molecule has 1 aromatic carbocycles. The van der Waals surface area contributed by atoms with E-state index in [-0.39, 0.29) is 41.8 Å². The van der Waals surface area contributed by atoms with Crippen molar-refractivity contribution in [1.82, 2.24) is 19.9 Å². The number of benzene rings is 1. The third-order valence-corrected chi connectivity index (χ3v) is 9.80. The van der Waals surface area contributed by atoms with Gasteiger partial charge in [-0.25, -0.2) is 24.7 Å². The molecule has 0 saturated carbocycles. The largest absolute Gasteiger partial charge is 0.481 e. The molecule has 7 heterocycles. The number of rotatable bonds is 7. The number of morpholine rings is 1. The van der Waals surface area contributed by atoms with Crippen LogP contribution in [-0.4, -0.2) is 96.8 Å². The third-order valence-electron chi connectivity index (χ3n) is 9.80. The maximum Gasteiger partial charge on any atom is 0.451 e. The fourth-order valence-electron chi connectivity index (χ4n) is 7.09. The fourth-order valence-corrected chi connectivity index (χ4v) is 7.09. The summed E-state index contributed by atoms with van der Waals surface area (Å²) in [7, 11) is 2.76. The Morgan fingerprint density at radius 2 is 1.86 bits per heavy atom. The molecular formula is C35H33F3N6O7. The van der Waals surface area contributed by atoms with Gasteiger partial charge in [-0.15, -0.1) is 0 Å². The van der Waals surface area contributed by atoms with Crippen molar-refractivity contribution in [2.45, 2.75) is 43.3 Å². The van der Waals surface area contributed by atoms with E-state index in [9.17, 15) is 18.0 Å². The van der Waals surface area contributed by atoms with E-state index in [0.29, 0.717) is 48.9 Å². The molecule has 0 unspecified atom stereocenters. The summed E-state index contributed by atoms with van der Waals surface area (Å²) in [6.45, 7) is 3.88. The summed E-state index contributed by atoms with van der Waals surface area (Å²) in [6, 6.07) is 11.1. The van der Waals surface area contributed by atoms with E-state index in [0.717, 1.165) is 11.1 Å². The molecule has 3 aliphatic heterocycles. The second-order valence-electron chi connectivity index (χ2n) is 12.7. The Kier molecular flexibility index (Phi) is 8.09. The highest BCUT2D eigenvalue weighted by atomic mass is 19.4. The SMILES string of the molecule is COC(=O)[C@@H]1C[C@H](Oc2ncc(-c3cccnc3OC)cc2N2CCOC3(COC3)[C@@H]2C)CN1c1nc(C(F)(F)F)nc2c1oc1ccccc12. The number of furan rings is 1. The second-order valence-corrected chi connectivity index (χ2v) is 12.7. The number of methoxy groups -OCH3 is 2. The normalized spacial score (nSPS) is 21.6. The van der Waals surface area contributed by atoms with Crippen LogP contribution in [0.1, 0.15) is 19.2 Å². The van der Waals surface area contributed by atoms with Crippen LogP contribution in [0.2, 0.25) is 0 Å². The van der Waals surface area contributed by atoms with Crippen LogP contribution in [0.5, 0.6) is 11.8 Å². The number of esters is 1. The van der Waals surface area contributed by atoms with Crippen LogP contribution in [0, 0.1) is 0 Å². The maximum atomic E-state index is 14.2. The molecule has 0 aliphatic carbocycles. The number of nitrogens with zero attached hydrogens (tertiary/aromatic N) is 6. The summed E-state index contributed by atoms with van der Waals surface area (Å²) in [5, 5.41) is 0.386. The van der Waals surface area contributed by atoms with Crippen molar-refractivity contribution in [2.75, 3.05) is 56.9 Å². The smallest absolute Gasteiger partial charge is 0.451 e. The monoisotopic (exact) mass is 706 g/mol. The molecule has 0 amide bonds. The van der Waals surface area contributed by atoms with Crippen molar-refractivity contribution in [3.8, 4) is 22.9 Å². The van der Waals surface area contributed by atoms with Gasteiger partial charge in [0.15, 0.2) is 11.4 Å². The topological polar surface area (TPSA) is 134 Å². The average Bonchev–Trinajstić information content (AvgIpc) is 3.72. The zero-order valence-corrected chi connectivity index (χ0v) is 27.8. The lowest BCUT2D eigenvalue weighted by Gasteiger charge is -2.53. The van der Waals surface area contributed by atoms with Gasteiger partial charge in [-0.3, -0.25) is 0 Å². The first-order valence-electron chi connectivity index (χ1n) is 16.4. The van der Waals surface area contributed by atoms with Crippen molar-refractivity contribution in [2.24, 2.45) is 0 Å². The zero-order chi connectivity index (χ0) is 35.5. The van der Waals surface area contributed by atoms with Gasteiger partial charge in [0.05, 0.1) is 46.6 Å². The Morgan fingerprint density at radius 3 is 2.61 bits per heavy atom. The molecule has 266 valence electrons. The molecule has 8 rings (SSSR count). The predicted octanol–water partition coefficient (Wildman–Crippen LogP) is 5.05. The van der Waals surface area contributed by atoms with Gasteiger partial charge in [0.25, 0.3) is 0 Å². The molecule has 0 radical (unpaired) electrons. The van der Waals surface area contributed by atoms with Crippen LogP contribution in [0.25, 0.3) is 33.2 Å². The minimum absolute atomic E-state index is 0.0162. The Bertz CT molecular complexity index is 2120. The molecule has 51 heavy (non-hydrogen) atoms. The highest BCUT2D eigenvalue weighted by Gasteiger charge is 2.51. The summed E-state index contributed by atoms with van der Waals surface area (Å²) >= 11 is 0. The summed E-state index contributed by atoms with van der Waals surface area (Å²) < 4.78 is 77.5. The Balaban J connectivity index is 1.20. The first-order chi connectivity index (χ1) is 24.6. The molecule has 1 spiro atoms. The second kappa shape index (κ2) is 12.5. The maximum absolute atomic E-state index is 14.2. The first kappa shape index (κ1) is 33.0. The number of ether oxygens (including phenoxy) is 5. The molecule has 4 aromatic heterocycles. The number of carbonyl (C=O) groups is 1. The molecule has 3 aliphatic rings. The molecule has 0 bridgehead atoms. The minimum atomic E-state index is -4.87. The molecule has 3 atom stereocenters. The predicted molar refractivity (Wildman–Crippen MR) is 177 cm³/mol. The summed E-state index contributed by atoms with van der Waals surface area (Å²) in [5.74, 6) is -1.52. The van der Waals surface area contributed by atoms with E-state index in [1.807, 2.05) is 12.1 Å². The van der Waals surface area contributed by atoms with Crippen molar-refractivity contribution < 1.29 is 46.1 Å². The lowest BCUT2D eigenvalue weighted by molar-refractivity contribution is -0.228. The number of anilines is 2. The number of para-hydroxylation sites is 1. The minimum Gasteiger partial charge on any atom is -0.481 e. The number of alkyl halides is 3. The van der Waals surface area contributed by atoms with Gasteiger partial charge in [0, 0.05) is 41.9 Å². The summed E-state index contributed by atoms with van der Waals surface area (Å²) in [4.78, 5) is 33.7. The van der Waals surface area contributed by atoms with Gasteiger partial charge in [-0.05, 0) is 37.3 Å². The van der Waals surface area contributed by atoms with E-state index >= 15 is 0 Å². The number of halogens is 3. The van der Waals surface area contributed by atoms with E-state index in [4.69, 9.17) is 33.1 Å². The van der Waals surface area contributed by atoms with Gasteiger partial charge in [-0.2, -0.15) is 13.2 Å². The van der Waals surface area contributed by atoms with Gasteiger partial charge in [0.1, 0.15) is 34.5 Å². The van der Waals surface area contributed by atoms with Crippen LogP contribution in [0.3, 0.4) is 0 Å².